The SMILES string of the molecule is CS(=O)(=O)c1ncc(C(F)(F)F)c(NC23CC(O)(C2)C3)n1. The zero-order valence-electron chi connectivity index (χ0n) is 10.9. The van der Waals surface area contributed by atoms with E-state index < -0.39 is 43.7 Å². The summed E-state index contributed by atoms with van der Waals surface area (Å²) in [5, 5.41) is 11.6. The molecule has 3 saturated carbocycles. The monoisotopic (exact) mass is 323 g/mol. The van der Waals surface area contributed by atoms with Gasteiger partial charge < -0.3 is 10.4 Å². The maximum absolute atomic E-state index is 12.9. The molecule has 116 valence electrons. The van der Waals surface area contributed by atoms with E-state index in [2.05, 4.69) is 15.3 Å². The second kappa shape index (κ2) is 3.86. The van der Waals surface area contributed by atoms with E-state index in [0.29, 0.717) is 25.5 Å². The van der Waals surface area contributed by atoms with Crippen molar-refractivity contribution in [3.8, 4) is 0 Å². The van der Waals surface area contributed by atoms with E-state index in [0.717, 1.165) is 6.26 Å². The van der Waals surface area contributed by atoms with Crippen LogP contribution < -0.4 is 5.32 Å². The van der Waals surface area contributed by atoms with Gasteiger partial charge in [0.05, 0.1) is 5.60 Å². The molecule has 0 aromatic carbocycles. The van der Waals surface area contributed by atoms with Crippen LogP contribution in [0.3, 0.4) is 0 Å². The van der Waals surface area contributed by atoms with Crippen LogP contribution in [0.25, 0.3) is 0 Å². The highest BCUT2D eigenvalue weighted by atomic mass is 32.2. The molecule has 4 rings (SSSR count). The molecule has 0 aliphatic heterocycles. The number of aromatic nitrogens is 2. The fourth-order valence-electron chi connectivity index (χ4n) is 2.97. The highest BCUT2D eigenvalue weighted by Gasteiger charge is 2.68. The quantitative estimate of drug-likeness (QED) is 0.806. The normalized spacial score (nSPS) is 31.3. The van der Waals surface area contributed by atoms with Gasteiger partial charge in [-0.2, -0.15) is 13.2 Å². The number of alkyl halides is 3. The number of anilines is 1. The van der Waals surface area contributed by atoms with Gasteiger partial charge in [0.2, 0.25) is 15.0 Å². The van der Waals surface area contributed by atoms with Crippen LogP contribution in [0, 0.1) is 0 Å². The third-order valence-electron chi connectivity index (χ3n) is 3.79. The topological polar surface area (TPSA) is 92.2 Å². The molecule has 0 spiro atoms. The Morgan fingerprint density at radius 2 is 1.90 bits per heavy atom. The lowest BCUT2D eigenvalue weighted by atomic mass is 9.46. The molecule has 2 bridgehead atoms. The van der Waals surface area contributed by atoms with E-state index in [9.17, 15) is 26.7 Å². The smallest absolute Gasteiger partial charge is 0.390 e. The summed E-state index contributed by atoms with van der Waals surface area (Å²) in [7, 11) is -3.81. The molecule has 2 N–H and O–H groups in total. The lowest BCUT2D eigenvalue weighted by Crippen LogP contribution is -2.75. The maximum atomic E-state index is 12.9. The summed E-state index contributed by atoms with van der Waals surface area (Å²) in [5.41, 5.74) is -2.54. The van der Waals surface area contributed by atoms with E-state index in [1.54, 1.807) is 0 Å². The minimum absolute atomic E-state index is 0.329. The number of nitrogens with one attached hydrogen (secondary N) is 1. The van der Waals surface area contributed by atoms with Crippen molar-refractivity contribution >= 4 is 15.7 Å². The Hall–Kier alpha value is -1.42. The van der Waals surface area contributed by atoms with Crippen molar-refractivity contribution in [2.45, 2.75) is 41.7 Å². The largest absolute Gasteiger partial charge is 0.421 e. The molecule has 21 heavy (non-hydrogen) atoms. The first-order chi connectivity index (χ1) is 9.43. The summed E-state index contributed by atoms with van der Waals surface area (Å²) in [6.45, 7) is 0. The number of hydrogen-bond acceptors (Lipinski definition) is 6. The van der Waals surface area contributed by atoms with Gasteiger partial charge in [-0.3, -0.25) is 0 Å². The van der Waals surface area contributed by atoms with Crippen molar-refractivity contribution in [3.05, 3.63) is 11.8 Å². The van der Waals surface area contributed by atoms with Crippen LogP contribution in [-0.4, -0.2) is 40.9 Å². The maximum Gasteiger partial charge on any atom is 0.421 e. The van der Waals surface area contributed by atoms with Crippen molar-refractivity contribution in [2.24, 2.45) is 0 Å². The molecular weight excluding hydrogens is 311 g/mol. The molecular formula is C11H12F3N3O3S. The predicted molar refractivity (Wildman–Crippen MR) is 65.3 cm³/mol. The molecule has 0 amide bonds. The molecule has 0 atom stereocenters. The molecule has 3 fully saturated rings. The minimum Gasteiger partial charge on any atom is -0.390 e. The Kier molecular flexibility index (Phi) is 2.67. The zero-order valence-corrected chi connectivity index (χ0v) is 11.7. The Labute approximate surface area is 118 Å². The molecule has 1 heterocycles. The Bertz CT molecular complexity index is 697. The van der Waals surface area contributed by atoms with E-state index >= 15 is 0 Å². The van der Waals surface area contributed by atoms with E-state index in [-0.39, 0.29) is 0 Å². The highest BCUT2D eigenvalue weighted by molar-refractivity contribution is 7.90. The second-order valence-electron chi connectivity index (χ2n) is 5.84. The molecule has 1 aromatic heterocycles. The summed E-state index contributed by atoms with van der Waals surface area (Å²) in [4.78, 5) is 6.78. The van der Waals surface area contributed by atoms with Crippen molar-refractivity contribution in [2.75, 3.05) is 11.6 Å². The van der Waals surface area contributed by atoms with Gasteiger partial charge in [0.25, 0.3) is 0 Å². The van der Waals surface area contributed by atoms with E-state index in [4.69, 9.17) is 0 Å². The molecule has 3 aliphatic carbocycles. The van der Waals surface area contributed by atoms with Crippen LogP contribution >= 0.6 is 0 Å². The standard InChI is InChI=1S/C11H12F3N3O3S/c1-21(19,20)8-15-2-6(11(12,13)14)7(16-8)17-9-3-10(18,4-9)5-9/h2,18H,3-5H2,1H3,(H,15,16,17). The Morgan fingerprint density at radius 1 is 1.33 bits per heavy atom. The zero-order chi connectivity index (χ0) is 15.7. The van der Waals surface area contributed by atoms with Gasteiger partial charge in [-0.1, -0.05) is 0 Å². The average Bonchev–Trinajstić information content (AvgIpc) is 2.22. The number of aliphatic hydroxyl groups is 1. The fraction of sp³-hybridized carbons (Fsp3) is 0.636. The number of sulfone groups is 1. The van der Waals surface area contributed by atoms with Gasteiger partial charge >= 0.3 is 6.18 Å². The number of rotatable bonds is 3. The summed E-state index contributed by atoms with van der Waals surface area (Å²) in [6, 6.07) is 0. The first kappa shape index (κ1) is 14.5. The minimum atomic E-state index is -4.70. The summed E-state index contributed by atoms with van der Waals surface area (Å²) >= 11 is 0. The van der Waals surface area contributed by atoms with E-state index in [1.807, 2.05) is 0 Å². The third kappa shape index (κ3) is 2.35. The Morgan fingerprint density at radius 3 is 2.33 bits per heavy atom. The van der Waals surface area contributed by atoms with Crippen LogP contribution in [0.2, 0.25) is 0 Å². The van der Waals surface area contributed by atoms with Crippen molar-refractivity contribution < 1.29 is 26.7 Å². The molecule has 1 aromatic rings. The Balaban J connectivity index is 1.99. The first-order valence-electron chi connectivity index (χ1n) is 6.08. The first-order valence-corrected chi connectivity index (χ1v) is 7.97. The number of nitrogens with zero attached hydrogens (tertiary/aromatic N) is 2. The van der Waals surface area contributed by atoms with Gasteiger partial charge in [-0.25, -0.2) is 18.4 Å². The van der Waals surface area contributed by atoms with E-state index in [1.165, 1.54) is 0 Å². The summed E-state index contributed by atoms with van der Waals surface area (Å²) in [6.07, 6.45) is -2.42. The molecule has 0 unspecified atom stereocenters. The molecule has 0 saturated heterocycles. The van der Waals surface area contributed by atoms with Gasteiger partial charge in [0, 0.05) is 18.0 Å². The number of halogens is 3. The third-order valence-corrected chi connectivity index (χ3v) is 4.65. The van der Waals surface area contributed by atoms with Gasteiger partial charge in [-0.05, 0) is 19.3 Å². The van der Waals surface area contributed by atoms with Gasteiger partial charge in [0.15, 0.2) is 0 Å². The predicted octanol–water partition coefficient (Wildman–Crippen LogP) is 0.978. The molecule has 3 aliphatic rings. The van der Waals surface area contributed by atoms with Crippen molar-refractivity contribution in [3.63, 3.8) is 0 Å². The van der Waals surface area contributed by atoms with Gasteiger partial charge in [0.1, 0.15) is 11.4 Å². The van der Waals surface area contributed by atoms with Gasteiger partial charge in [-0.15, -0.1) is 0 Å². The second-order valence-corrected chi connectivity index (χ2v) is 7.75. The van der Waals surface area contributed by atoms with Crippen molar-refractivity contribution in [1.29, 1.82) is 0 Å². The van der Waals surface area contributed by atoms with Crippen LogP contribution in [0.1, 0.15) is 24.8 Å². The lowest BCUT2D eigenvalue weighted by Gasteiger charge is -2.67. The lowest BCUT2D eigenvalue weighted by molar-refractivity contribution is -0.195. The van der Waals surface area contributed by atoms with Crippen molar-refractivity contribution in [1.82, 2.24) is 9.97 Å². The fourth-order valence-corrected chi connectivity index (χ4v) is 3.47. The van der Waals surface area contributed by atoms with Crippen LogP contribution in [-0.2, 0) is 16.0 Å². The van der Waals surface area contributed by atoms with Crippen LogP contribution in [0.15, 0.2) is 11.4 Å². The summed E-state index contributed by atoms with van der Waals surface area (Å²) in [5.74, 6) is -0.556. The highest BCUT2D eigenvalue weighted by Crippen LogP contribution is 2.61. The molecule has 10 heteroatoms. The molecule has 6 nitrogen and oxygen atoms in total. The number of hydrogen-bond donors (Lipinski definition) is 2. The van der Waals surface area contributed by atoms with Crippen LogP contribution in [0.4, 0.5) is 19.0 Å². The van der Waals surface area contributed by atoms with Crippen LogP contribution in [0.5, 0.6) is 0 Å². The summed E-state index contributed by atoms with van der Waals surface area (Å²) < 4.78 is 61.6. The average molecular weight is 323 g/mol. The molecule has 0 radical (unpaired) electrons.